The lowest BCUT2D eigenvalue weighted by molar-refractivity contribution is 0.0229. The number of thiazole rings is 1. The Morgan fingerprint density at radius 2 is 1.97 bits per heavy atom. The second-order valence-electron chi connectivity index (χ2n) is 9.92. The Kier molecular flexibility index (Phi) is 8.59. The van der Waals surface area contributed by atoms with Gasteiger partial charge in [-0.25, -0.2) is 9.97 Å². The zero-order valence-corrected chi connectivity index (χ0v) is 22.6. The van der Waals surface area contributed by atoms with Crippen molar-refractivity contribution >= 4 is 23.1 Å². The molecule has 5 N–H and O–H groups in total. The first-order chi connectivity index (χ1) is 17.7. The fraction of sp³-hybridized carbons (Fsp3) is 0.464. The van der Waals surface area contributed by atoms with E-state index in [1.165, 1.54) is 53.7 Å². The second-order valence-corrected chi connectivity index (χ2v) is 10.9. The number of rotatable bonds is 6. The third-order valence-electron chi connectivity index (χ3n) is 7.00. The highest BCUT2D eigenvalue weighted by Crippen LogP contribution is 2.38. The molecule has 198 valence electrons. The molecular formula is C28H36N4O4S. The van der Waals surface area contributed by atoms with Crippen molar-refractivity contribution in [2.45, 2.75) is 71.2 Å². The summed E-state index contributed by atoms with van der Waals surface area (Å²) in [6, 6.07) is 8.20. The first kappa shape index (κ1) is 27.2. The minimum Gasteiger partial charge on any atom is -0.383 e. The highest BCUT2D eigenvalue weighted by Gasteiger charge is 2.37. The normalized spacial score (nSPS) is 19.6. The average Bonchev–Trinajstić information content (AvgIpc) is 3.63. The van der Waals surface area contributed by atoms with Gasteiger partial charge in [0.2, 0.25) is 0 Å². The third kappa shape index (κ3) is 6.54. The zero-order chi connectivity index (χ0) is 26.6. The molecule has 2 fully saturated rings. The van der Waals surface area contributed by atoms with Gasteiger partial charge in [-0.15, -0.1) is 11.3 Å². The van der Waals surface area contributed by atoms with E-state index in [9.17, 15) is 9.90 Å². The molecule has 1 atom stereocenters. The lowest BCUT2D eigenvalue weighted by atomic mass is 10.1. The van der Waals surface area contributed by atoms with Gasteiger partial charge in [-0.3, -0.25) is 4.79 Å². The van der Waals surface area contributed by atoms with E-state index >= 15 is 0 Å². The minimum absolute atomic E-state index is 0.0986. The summed E-state index contributed by atoms with van der Waals surface area (Å²) < 4.78 is 11.1. The standard InChI is InChI=1S/C14H16N4O3S.C14H20O/c1-7-10(8-4-9(12(16)19)11(15)17-5-8)22-13(18-7)14(20)2-3-21-6-14;1-11-7-8-13(9-12(11)2)10-15-14-5-3-4-6-14/h4-5,20H,2-3,6H2,1H3,(H2,15,17)(H2,16,19);7-9,14H,3-6,10H2,1-2H3. The quantitative estimate of drug-likeness (QED) is 0.430. The van der Waals surface area contributed by atoms with Gasteiger partial charge in [0.15, 0.2) is 0 Å². The number of pyridine rings is 1. The summed E-state index contributed by atoms with van der Waals surface area (Å²) in [6.07, 6.45) is 7.81. The van der Waals surface area contributed by atoms with Crippen molar-refractivity contribution in [3.8, 4) is 10.4 Å². The van der Waals surface area contributed by atoms with Gasteiger partial charge in [-0.2, -0.15) is 0 Å². The number of hydrogen-bond acceptors (Lipinski definition) is 8. The Morgan fingerprint density at radius 3 is 2.62 bits per heavy atom. The van der Waals surface area contributed by atoms with Crippen molar-refractivity contribution < 1.29 is 19.4 Å². The van der Waals surface area contributed by atoms with Gasteiger partial charge in [0.1, 0.15) is 16.4 Å². The summed E-state index contributed by atoms with van der Waals surface area (Å²) in [5, 5.41) is 11.2. The van der Waals surface area contributed by atoms with Crippen LogP contribution in [0.15, 0.2) is 30.5 Å². The van der Waals surface area contributed by atoms with Crippen molar-refractivity contribution in [2.75, 3.05) is 18.9 Å². The van der Waals surface area contributed by atoms with Crippen molar-refractivity contribution in [1.82, 2.24) is 9.97 Å². The van der Waals surface area contributed by atoms with Crippen LogP contribution in [0.3, 0.4) is 0 Å². The first-order valence-electron chi connectivity index (χ1n) is 12.7. The summed E-state index contributed by atoms with van der Waals surface area (Å²) in [7, 11) is 0. The topological polar surface area (TPSA) is 134 Å². The number of hydrogen-bond donors (Lipinski definition) is 3. The Bertz CT molecular complexity index is 1250. The molecule has 1 saturated carbocycles. The number of primary amides is 1. The number of carbonyl (C=O) groups excluding carboxylic acids is 1. The van der Waals surface area contributed by atoms with Crippen molar-refractivity contribution in [1.29, 1.82) is 0 Å². The van der Waals surface area contributed by atoms with Gasteiger partial charge >= 0.3 is 0 Å². The minimum atomic E-state index is -1.04. The van der Waals surface area contributed by atoms with Crippen LogP contribution in [0.4, 0.5) is 5.82 Å². The molecular weight excluding hydrogens is 488 g/mol. The predicted molar refractivity (Wildman–Crippen MR) is 145 cm³/mol. The van der Waals surface area contributed by atoms with Gasteiger partial charge in [-0.05, 0) is 56.4 Å². The number of carbonyl (C=O) groups is 1. The average molecular weight is 525 g/mol. The maximum Gasteiger partial charge on any atom is 0.252 e. The maximum atomic E-state index is 11.4. The second kappa shape index (κ2) is 11.7. The Hall–Kier alpha value is -2.85. The number of nitrogens with zero attached hydrogens (tertiary/aromatic N) is 2. The van der Waals surface area contributed by atoms with E-state index < -0.39 is 11.5 Å². The van der Waals surface area contributed by atoms with Crippen LogP contribution in [0.2, 0.25) is 0 Å². The molecule has 1 amide bonds. The van der Waals surface area contributed by atoms with Gasteiger partial charge in [0, 0.05) is 24.8 Å². The van der Waals surface area contributed by atoms with E-state index in [4.69, 9.17) is 20.9 Å². The molecule has 37 heavy (non-hydrogen) atoms. The van der Waals surface area contributed by atoms with Crippen LogP contribution in [-0.2, 0) is 21.7 Å². The lowest BCUT2D eigenvalue weighted by Crippen LogP contribution is -2.25. The molecule has 1 aliphatic carbocycles. The number of amides is 1. The van der Waals surface area contributed by atoms with E-state index in [1.54, 1.807) is 12.3 Å². The molecule has 0 spiro atoms. The van der Waals surface area contributed by atoms with E-state index in [-0.39, 0.29) is 18.0 Å². The third-order valence-corrected chi connectivity index (χ3v) is 8.40. The van der Waals surface area contributed by atoms with Crippen LogP contribution in [0.5, 0.6) is 0 Å². The largest absolute Gasteiger partial charge is 0.383 e. The molecule has 8 nitrogen and oxygen atoms in total. The fourth-order valence-corrected chi connectivity index (χ4v) is 5.70. The molecule has 2 aromatic heterocycles. The molecule has 3 aromatic rings. The predicted octanol–water partition coefficient (Wildman–Crippen LogP) is 4.57. The number of aromatic nitrogens is 2. The van der Waals surface area contributed by atoms with Gasteiger partial charge in [0.25, 0.3) is 5.91 Å². The molecule has 1 aromatic carbocycles. The summed E-state index contributed by atoms with van der Waals surface area (Å²) >= 11 is 1.36. The highest BCUT2D eigenvalue weighted by atomic mass is 32.1. The van der Waals surface area contributed by atoms with E-state index in [0.717, 1.165) is 17.2 Å². The smallest absolute Gasteiger partial charge is 0.252 e. The molecule has 2 aliphatic rings. The molecule has 9 heteroatoms. The Morgan fingerprint density at radius 1 is 1.22 bits per heavy atom. The Labute approximate surface area is 222 Å². The van der Waals surface area contributed by atoms with Gasteiger partial charge < -0.3 is 26.0 Å². The van der Waals surface area contributed by atoms with Crippen molar-refractivity contribution in [3.05, 3.63) is 63.4 Å². The van der Waals surface area contributed by atoms with E-state index in [0.29, 0.717) is 29.7 Å². The van der Waals surface area contributed by atoms with Crippen LogP contribution in [0.1, 0.15) is 69.9 Å². The van der Waals surface area contributed by atoms with Crippen LogP contribution >= 0.6 is 11.3 Å². The zero-order valence-electron chi connectivity index (χ0n) is 21.8. The van der Waals surface area contributed by atoms with Gasteiger partial charge in [0.05, 0.1) is 35.5 Å². The molecule has 1 saturated heterocycles. The van der Waals surface area contributed by atoms with E-state index in [1.807, 2.05) is 6.92 Å². The van der Waals surface area contributed by atoms with Crippen LogP contribution < -0.4 is 11.5 Å². The Balaban J connectivity index is 0.000000186. The number of benzene rings is 1. The van der Waals surface area contributed by atoms with Crippen LogP contribution in [0, 0.1) is 20.8 Å². The van der Waals surface area contributed by atoms with Crippen LogP contribution in [0.25, 0.3) is 10.4 Å². The summed E-state index contributed by atoms with van der Waals surface area (Å²) in [5.74, 6) is -0.529. The van der Waals surface area contributed by atoms with Crippen molar-refractivity contribution in [3.63, 3.8) is 0 Å². The van der Waals surface area contributed by atoms with E-state index in [2.05, 4.69) is 42.0 Å². The molecule has 1 unspecified atom stereocenters. The molecule has 1 aliphatic heterocycles. The molecule has 3 heterocycles. The summed E-state index contributed by atoms with van der Waals surface area (Å²) in [6.45, 7) is 7.69. The van der Waals surface area contributed by atoms with Crippen molar-refractivity contribution in [2.24, 2.45) is 5.73 Å². The first-order valence-corrected chi connectivity index (χ1v) is 13.5. The molecule has 0 bridgehead atoms. The van der Waals surface area contributed by atoms with Gasteiger partial charge in [-0.1, -0.05) is 31.0 Å². The summed E-state index contributed by atoms with van der Waals surface area (Å²) in [4.78, 5) is 20.7. The maximum absolute atomic E-state index is 11.4. The molecule has 5 rings (SSSR count). The molecule has 0 radical (unpaired) electrons. The number of ether oxygens (including phenoxy) is 2. The summed E-state index contributed by atoms with van der Waals surface area (Å²) in [5.41, 5.74) is 15.6. The number of aryl methyl sites for hydroxylation is 3. The fourth-order valence-electron chi connectivity index (χ4n) is 4.55. The highest BCUT2D eigenvalue weighted by molar-refractivity contribution is 7.15. The SMILES string of the molecule is Cc1ccc(COC2CCCC2)cc1C.Cc1nc(C2(O)CCOC2)sc1-c1cnc(N)c(C(N)=O)c1. The number of nitrogen functional groups attached to an aromatic ring is 1. The lowest BCUT2D eigenvalue weighted by Gasteiger charge is -2.16. The van der Waals surface area contributed by atoms with Crippen LogP contribution in [-0.4, -0.2) is 40.3 Å². The monoisotopic (exact) mass is 524 g/mol. The number of nitrogens with two attached hydrogens (primary N) is 2. The number of aliphatic hydroxyl groups is 1. The number of anilines is 1.